The zero-order valence-corrected chi connectivity index (χ0v) is 80.9. The lowest BCUT2D eigenvalue weighted by atomic mass is 9.67. The number of nitrogens with zero attached hydrogens (tertiary/aromatic N) is 4. The molecule has 0 atom stereocenters. The van der Waals surface area contributed by atoms with E-state index in [-0.39, 0.29) is 0 Å². The number of fused-ring (bicyclic) bond motifs is 36. The van der Waals surface area contributed by atoms with Gasteiger partial charge in [-0.25, -0.2) is 0 Å². The van der Waals surface area contributed by atoms with Gasteiger partial charge < -0.3 is 17.6 Å². The summed E-state index contributed by atoms with van der Waals surface area (Å²) in [5.74, 6) is 0. The molecule has 0 aliphatic heterocycles. The fourth-order valence-corrected chi connectivity index (χ4v) is 30.7. The van der Waals surface area contributed by atoms with Crippen LogP contribution in [0.25, 0.3) is 267 Å². The summed E-state index contributed by atoms with van der Waals surface area (Å²) in [5.41, 5.74) is 22.9. The highest BCUT2D eigenvalue weighted by Gasteiger charge is 2.47. The van der Waals surface area contributed by atoms with Crippen molar-refractivity contribution < 1.29 is 0 Å². The highest BCUT2D eigenvalue weighted by molar-refractivity contribution is 9.11. The highest BCUT2D eigenvalue weighted by Crippen LogP contribution is 2.61. The molecule has 0 N–H and O–H groups in total. The Hall–Kier alpha value is -14.3. The molecule has 34 rings (SSSR count). The minimum Gasteiger partial charge on any atom is -0.308 e. The van der Waals surface area contributed by atoms with Crippen LogP contribution in [0.4, 0.5) is 0 Å². The van der Waals surface area contributed by atoms with E-state index in [1.807, 2.05) is 34.0 Å². The molecule has 0 saturated carbocycles. The van der Waals surface area contributed by atoms with Crippen LogP contribution in [0.3, 0.4) is 0 Å². The molecule has 22 aromatic carbocycles. The topological polar surface area (TPSA) is 17.6 Å². The van der Waals surface area contributed by atoms with Crippen LogP contribution in [0, 0.1) is 0 Å². The second-order valence-corrected chi connectivity index (χ2v) is 43.3. The quantitative estimate of drug-likeness (QED) is 0.121. The van der Waals surface area contributed by atoms with Crippen LogP contribution in [0.5, 0.6) is 0 Å². The van der Waals surface area contributed by atoms with Crippen LogP contribution in [-0.2, 0) is 5.41 Å². The first-order chi connectivity index (χ1) is 67.2. The molecule has 11 heterocycles. The third kappa shape index (κ3) is 10.1. The van der Waals surface area contributed by atoms with Crippen molar-refractivity contribution in [3.63, 3.8) is 0 Å². The molecule has 632 valence electrons. The van der Waals surface area contributed by atoms with Gasteiger partial charge in [0.25, 0.3) is 0 Å². The summed E-state index contributed by atoms with van der Waals surface area (Å²) in [6, 6.07) is 148. The second kappa shape index (κ2) is 28.4. The zero-order valence-electron chi connectivity index (χ0n) is 72.1. The molecule has 33 aromatic rings. The normalized spacial score (nSPS) is 13.1. The van der Waals surface area contributed by atoms with E-state index in [0.717, 1.165) is 17.9 Å². The predicted molar refractivity (Wildman–Crippen MR) is 601 cm³/mol. The summed E-state index contributed by atoms with van der Waals surface area (Å²) in [6.45, 7) is 0. The van der Waals surface area contributed by atoms with Gasteiger partial charge in [-0.05, 0) is 175 Å². The number of rotatable bonds is 2. The molecule has 11 aromatic heterocycles. The van der Waals surface area contributed by atoms with E-state index in [4.69, 9.17) is 0 Å². The van der Waals surface area contributed by atoms with Gasteiger partial charge in [0.1, 0.15) is 0 Å². The van der Waals surface area contributed by atoms with E-state index in [1.165, 1.54) is 289 Å². The summed E-state index contributed by atoms with van der Waals surface area (Å²) in [6.07, 6.45) is 0. The Labute approximate surface area is 820 Å². The summed E-state index contributed by atoms with van der Waals surface area (Å²) in [5, 5.41) is 39.8. The summed E-state index contributed by atoms with van der Waals surface area (Å²) in [7, 11) is 0. The highest BCUT2D eigenvalue weighted by atomic mass is 79.9. The first-order valence-corrected chi connectivity index (χ1v) is 51.6. The van der Waals surface area contributed by atoms with Crippen molar-refractivity contribution in [2.24, 2.45) is 0 Å². The maximum atomic E-state index is 3.93. The molecular weight excluding hydrogens is 1970 g/mol. The lowest BCUT2D eigenvalue weighted by Gasteiger charge is -2.34. The maximum Gasteiger partial charge on any atom is 0.0725 e. The number of benzene rings is 22. The largest absolute Gasteiger partial charge is 0.308 e. The van der Waals surface area contributed by atoms with Crippen molar-refractivity contribution in [3.8, 4) is 11.1 Å². The van der Waals surface area contributed by atoms with E-state index >= 15 is 0 Å². The summed E-state index contributed by atoms with van der Waals surface area (Å²) >= 11 is 20.9. The van der Waals surface area contributed by atoms with Gasteiger partial charge in [-0.1, -0.05) is 355 Å². The SMILES string of the molecule is Brc1cc2c3cccc4c5sc6ccccc6c5cc(c34)n3c4ccccc4c(c1)c23.Brc1ccc2c(c1)sc1c2cc2cccc3c4cccc5c6ccccc6n(c45)c1c23.Brc1ccc2c3cc4c(c5cccc(c53)n3c5ccccc5c1c23)-c1ccccc1C4(c1ccccc1)c1ccccc1.Brc1cccc2c1c1cccc3c4c5c(cc6cccc(c64)n2c13)sc1ccccc15. The number of hydrogen-bond acceptors (Lipinski definition) is 3. The Morgan fingerprint density at radius 1 is 0.191 bits per heavy atom. The number of aromatic nitrogens is 4. The first-order valence-electron chi connectivity index (χ1n) is 46.0. The Kier molecular flexibility index (Phi) is 16.1. The molecule has 1 aliphatic carbocycles. The second-order valence-electron chi connectivity index (χ2n) is 36.6. The Morgan fingerprint density at radius 3 is 1.43 bits per heavy atom. The molecule has 0 bridgehead atoms. The van der Waals surface area contributed by atoms with Crippen LogP contribution in [0.2, 0.25) is 0 Å². The Balaban J connectivity index is 0.0000000853. The third-order valence-electron chi connectivity index (χ3n) is 30.1. The lowest BCUT2D eigenvalue weighted by molar-refractivity contribution is 0.770. The van der Waals surface area contributed by atoms with Crippen molar-refractivity contribution >= 4 is 354 Å². The van der Waals surface area contributed by atoms with E-state index < -0.39 is 5.41 Å². The van der Waals surface area contributed by atoms with E-state index in [9.17, 15) is 0 Å². The van der Waals surface area contributed by atoms with Crippen molar-refractivity contribution in [1.82, 2.24) is 17.6 Å². The third-order valence-corrected chi connectivity index (χ3v) is 35.9. The summed E-state index contributed by atoms with van der Waals surface area (Å²) < 4.78 is 22.7. The molecule has 0 saturated heterocycles. The number of thiophene rings is 3. The van der Waals surface area contributed by atoms with Crippen molar-refractivity contribution in [2.45, 2.75) is 5.41 Å². The van der Waals surface area contributed by atoms with Crippen LogP contribution in [0.15, 0.2) is 418 Å². The van der Waals surface area contributed by atoms with Gasteiger partial charge in [-0.15, -0.1) is 34.0 Å². The maximum absolute atomic E-state index is 3.93. The monoisotopic (exact) mass is 2030 g/mol. The first kappa shape index (κ1) is 77.0. The smallest absolute Gasteiger partial charge is 0.0725 e. The summed E-state index contributed by atoms with van der Waals surface area (Å²) in [4.78, 5) is 0. The minimum absolute atomic E-state index is 0.437. The number of pyridine rings is 4. The van der Waals surface area contributed by atoms with E-state index in [1.54, 1.807) is 0 Å². The Bertz CT molecular complexity index is 11000. The minimum atomic E-state index is -0.437. The van der Waals surface area contributed by atoms with Crippen molar-refractivity contribution in [3.05, 3.63) is 441 Å². The van der Waals surface area contributed by atoms with Crippen molar-refractivity contribution in [2.75, 3.05) is 0 Å². The Morgan fingerprint density at radius 2 is 0.662 bits per heavy atom. The fourth-order valence-electron chi connectivity index (χ4n) is 25.0. The van der Waals surface area contributed by atoms with Crippen molar-refractivity contribution in [1.29, 1.82) is 0 Å². The lowest BCUT2D eigenvalue weighted by Crippen LogP contribution is -2.28. The van der Waals surface area contributed by atoms with Crippen LogP contribution in [0.1, 0.15) is 22.3 Å². The van der Waals surface area contributed by atoms with Gasteiger partial charge in [0, 0.05) is 171 Å². The van der Waals surface area contributed by atoms with Gasteiger partial charge in [0.15, 0.2) is 0 Å². The predicted octanol–water partition coefficient (Wildman–Crippen LogP) is 38.5. The number of hydrogen-bond donors (Lipinski definition) is 0. The standard InChI is InChI=1S/C41H24BrN.3C28H14BrNS/c42-34-23-22-27-31-24-33-37(30-18-11-21-36(38(30)31)43-35-20-10-8-17-29(35)39(34)40(27)43)28-16-7-9-19-32(28)41(33,25-12-3-1-4-13-25)26-14-5-2-6-15-26;29-15-12-20-16-6-1-3-10-23(16)30-24-14-22-17-7-2-4-11-25(17)31-28(22)19-9-5-8-18(26(19)24)21(13-15)27(20)30;29-19-10-5-12-21-25(19)17-8-4-9-18-27-24-15(6-3-11-20(24)30(21)28(17)18)14-23-26(27)16-7-1-2-13-22(16)31-23;29-16-11-12-18-22-13-15-5-3-7-19-21-9-4-8-20-17-6-1-2-10-23(17)30(26(20)21)27(25(15)19)28(22)31-24(18)14-16/h1-24H;3*1-14H. The molecule has 11 heteroatoms. The van der Waals surface area contributed by atoms with Gasteiger partial charge in [0.05, 0.1) is 76.3 Å². The molecule has 4 nitrogen and oxygen atoms in total. The van der Waals surface area contributed by atoms with Crippen LogP contribution < -0.4 is 0 Å². The molecule has 0 fully saturated rings. The fraction of sp³-hybridized carbons (Fsp3) is 0.00800. The molecule has 0 spiro atoms. The molecule has 0 unspecified atom stereocenters. The molecule has 0 amide bonds. The molecule has 0 radical (unpaired) electrons. The zero-order chi connectivity index (χ0) is 89.1. The molecule has 136 heavy (non-hydrogen) atoms. The number of halogens is 4. The molecular formula is C125H66Br4N4S3. The number of para-hydroxylation sites is 5. The van der Waals surface area contributed by atoms with Crippen LogP contribution in [-0.4, -0.2) is 17.6 Å². The van der Waals surface area contributed by atoms with Crippen LogP contribution >= 0.6 is 97.7 Å². The van der Waals surface area contributed by atoms with Gasteiger partial charge in [0.2, 0.25) is 0 Å². The van der Waals surface area contributed by atoms with E-state index in [2.05, 4.69) is 482 Å². The van der Waals surface area contributed by atoms with E-state index in [0.29, 0.717) is 0 Å². The van der Waals surface area contributed by atoms with Gasteiger partial charge >= 0.3 is 0 Å². The van der Waals surface area contributed by atoms with Gasteiger partial charge in [-0.2, -0.15) is 0 Å². The molecule has 1 aliphatic rings. The average molecular weight is 2040 g/mol. The van der Waals surface area contributed by atoms with Gasteiger partial charge in [-0.3, -0.25) is 0 Å². The average Bonchev–Trinajstić information content (AvgIpc) is 1.52.